The minimum absolute atomic E-state index is 0.322. The number of aromatic nitrogens is 1. The van der Waals surface area contributed by atoms with Crippen LogP contribution in [0.15, 0.2) is 21.3 Å². The van der Waals surface area contributed by atoms with Gasteiger partial charge >= 0.3 is 17.9 Å². The van der Waals surface area contributed by atoms with Crippen molar-refractivity contribution in [2.45, 2.75) is 0 Å². The molecule has 0 aliphatic carbocycles. The van der Waals surface area contributed by atoms with Gasteiger partial charge in [-0.3, -0.25) is 4.79 Å². The Morgan fingerprint density at radius 2 is 1.65 bits per heavy atom. The number of fused-ring (bicyclic) bond motifs is 1. The number of pyridine rings is 1. The molecule has 0 saturated heterocycles. The highest BCUT2D eigenvalue weighted by Gasteiger charge is 2.22. The first-order valence-corrected chi connectivity index (χ1v) is 5.00. The van der Waals surface area contributed by atoms with Crippen molar-refractivity contribution in [2.75, 3.05) is 0 Å². The quantitative estimate of drug-likeness (QED) is 0.718. The normalized spacial score (nSPS) is 10.4. The van der Waals surface area contributed by atoms with Crippen LogP contribution in [0.3, 0.4) is 0 Å². The molecule has 0 bridgehead atoms. The topological polar surface area (TPSA) is 155 Å². The number of hydrogen-bond donors (Lipinski definition) is 3. The van der Waals surface area contributed by atoms with Crippen LogP contribution in [0, 0.1) is 0 Å². The van der Waals surface area contributed by atoms with Crippen molar-refractivity contribution in [3.8, 4) is 0 Å². The summed E-state index contributed by atoms with van der Waals surface area (Å²) in [6.45, 7) is 0. The molecule has 0 unspecified atom stereocenters. The van der Waals surface area contributed by atoms with Crippen LogP contribution in [-0.4, -0.2) is 38.2 Å². The van der Waals surface area contributed by atoms with Crippen LogP contribution in [0.25, 0.3) is 11.1 Å². The van der Waals surface area contributed by atoms with Gasteiger partial charge < -0.3 is 19.7 Å². The Morgan fingerprint density at radius 1 is 1.00 bits per heavy atom. The Labute approximate surface area is 108 Å². The molecule has 0 amide bonds. The zero-order valence-electron chi connectivity index (χ0n) is 9.48. The van der Waals surface area contributed by atoms with Gasteiger partial charge in [-0.1, -0.05) is 0 Å². The van der Waals surface area contributed by atoms with Crippen LogP contribution in [0.2, 0.25) is 0 Å². The predicted molar refractivity (Wildman–Crippen MR) is 61.2 cm³/mol. The van der Waals surface area contributed by atoms with Crippen LogP contribution in [-0.2, 0) is 0 Å². The first-order chi connectivity index (χ1) is 9.31. The Morgan fingerprint density at radius 3 is 2.15 bits per heavy atom. The van der Waals surface area contributed by atoms with Gasteiger partial charge in [0.1, 0.15) is 0 Å². The number of aromatic carboxylic acids is 3. The Balaban J connectivity index is 2.91. The lowest BCUT2D eigenvalue weighted by Gasteiger charge is -2.03. The molecule has 9 nitrogen and oxygen atoms in total. The Bertz CT molecular complexity index is 819. The lowest BCUT2D eigenvalue weighted by Crippen LogP contribution is -2.14. The molecule has 9 heteroatoms. The van der Waals surface area contributed by atoms with E-state index in [4.69, 9.17) is 19.7 Å². The predicted octanol–water partition coefficient (Wildman–Crippen LogP) is 0.283. The van der Waals surface area contributed by atoms with Crippen LogP contribution < -0.4 is 5.43 Å². The minimum atomic E-state index is -1.65. The van der Waals surface area contributed by atoms with Crippen LogP contribution in [0.1, 0.15) is 31.4 Å². The molecule has 0 fully saturated rings. The van der Waals surface area contributed by atoms with Gasteiger partial charge in [-0.25, -0.2) is 19.4 Å². The summed E-state index contributed by atoms with van der Waals surface area (Å²) in [6, 6.07) is 1.43. The second-order valence-corrected chi connectivity index (χ2v) is 3.63. The molecule has 102 valence electrons. The number of carbonyl (C=O) groups is 3. The van der Waals surface area contributed by atoms with Gasteiger partial charge in [0.2, 0.25) is 11.5 Å². The molecule has 20 heavy (non-hydrogen) atoms. The smallest absolute Gasteiger partial charge is 0.372 e. The second kappa shape index (κ2) is 4.46. The molecule has 0 radical (unpaired) electrons. The summed E-state index contributed by atoms with van der Waals surface area (Å²) < 4.78 is 4.76. The third kappa shape index (κ3) is 2.07. The Kier molecular flexibility index (Phi) is 2.95. The summed E-state index contributed by atoms with van der Waals surface area (Å²) in [5.41, 5.74) is -2.94. The maximum Gasteiger partial charge on any atom is 0.372 e. The van der Waals surface area contributed by atoms with Crippen molar-refractivity contribution in [1.82, 2.24) is 4.98 Å². The van der Waals surface area contributed by atoms with Gasteiger partial charge in [0, 0.05) is 6.07 Å². The lowest BCUT2D eigenvalue weighted by molar-refractivity contribution is 0.0645. The van der Waals surface area contributed by atoms with Gasteiger partial charge in [0.15, 0.2) is 11.1 Å². The molecule has 0 spiro atoms. The van der Waals surface area contributed by atoms with E-state index in [2.05, 4.69) is 4.98 Å². The average molecular weight is 279 g/mol. The zero-order chi connectivity index (χ0) is 15.0. The van der Waals surface area contributed by atoms with Gasteiger partial charge in [-0.05, 0) is 6.07 Å². The summed E-state index contributed by atoms with van der Waals surface area (Å²) in [4.78, 5) is 47.6. The first-order valence-electron chi connectivity index (χ1n) is 5.00. The number of hydrogen-bond acceptors (Lipinski definition) is 6. The highest BCUT2D eigenvalue weighted by molar-refractivity contribution is 6.03. The number of carboxylic acids is 3. The van der Waals surface area contributed by atoms with E-state index in [1.807, 2.05) is 0 Å². The first kappa shape index (κ1) is 13.2. The van der Waals surface area contributed by atoms with E-state index in [9.17, 15) is 19.2 Å². The molecule has 2 rings (SSSR count). The third-order valence-corrected chi connectivity index (χ3v) is 2.37. The van der Waals surface area contributed by atoms with Crippen molar-refractivity contribution in [3.05, 3.63) is 39.4 Å². The minimum Gasteiger partial charge on any atom is -0.478 e. The van der Waals surface area contributed by atoms with E-state index < -0.39 is 46.1 Å². The molecule has 0 atom stereocenters. The zero-order valence-corrected chi connectivity index (χ0v) is 9.48. The van der Waals surface area contributed by atoms with Gasteiger partial charge in [-0.2, -0.15) is 0 Å². The summed E-state index contributed by atoms with van der Waals surface area (Å²) in [6.07, 6.45) is 0. The maximum absolute atomic E-state index is 11.7. The molecule has 2 aromatic heterocycles. The largest absolute Gasteiger partial charge is 0.478 e. The third-order valence-electron chi connectivity index (χ3n) is 2.37. The fraction of sp³-hybridized carbons (Fsp3) is 0. The highest BCUT2D eigenvalue weighted by atomic mass is 16.4. The van der Waals surface area contributed by atoms with Crippen molar-refractivity contribution >= 4 is 29.0 Å². The number of nitrogens with zero attached hydrogens (tertiary/aromatic N) is 1. The average Bonchev–Trinajstić information content (AvgIpc) is 2.36. The van der Waals surface area contributed by atoms with Gasteiger partial charge in [-0.15, -0.1) is 0 Å². The van der Waals surface area contributed by atoms with Gasteiger partial charge in [0.05, 0.1) is 10.9 Å². The molecule has 0 aromatic carbocycles. The summed E-state index contributed by atoms with van der Waals surface area (Å²) in [5, 5.41) is 26.1. The molecular formula is C11H5NO8. The van der Waals surface area contributed by atoms with Crippen molar-refractivity contribution in [1.29, 1.82) is 0 Å². The molecular weight excluding hydrogens is 274 g/mol. The highest BCUT2D eigenvalue weighted by Crippen LogP contribution is 2.16. The fourth-order valence-electron chi connectivity index (χ4n) is 1.51. The molecule has 0 saturated carbocycles. The Hall–Kier alpha value is -3.23. The number of carboxylic acid groups (broad SMARTS) is 3. The molecule has 0 aliphatic rings. The van der Waals surface area contributed by atoms with Crippen LogP contribution >= 0.6 is 0 Å². The summed E-state index contributed by atoms with van der Waals surface area (Å²) in [5.74, 6) is -5.49. The fourth-order valence-corrected chi connectivity index (χ4v) is 1.51. The van der Waals surface area contributed by atoms with E-state index in [0.717, 1.165) is 6.07 Å². The van der Waals surface area contributed by atoms with E-state index in [1.165, 1.54) is 0 Å². The van der Waals surface area contributed by atoms with E-state index >= 15 is 0 Å². The van der Waals surface area contributed by atoms with Gasteiger partial charge in [0.25, 0.3) is 0 Å². The molecule has 0 aliphatic heterocycles. The molecule has 2 aromatic rings. The van der Waals surface area contributed by atoms with Crippen molar-refractivity contribution in [2.24, 2.45) is 0 Å². The molecule has 2 heterocycles. The summed E-state index contributed by atoms with van der Waals surface area (Å²) in [7, 11) is 0. The standard InChI is InChI=1S/C11H5NO8/c13-5-2-6(10(16)17)20-8-3(5)1-4(9(14)15)7(12-8)11(18)19/h1-2H,(H,14,15)(H,16,17)(H,18,19). The van der Waals surface area contributed by atoms with E-state index in [0.29, 0.717) is 6.07 Å². The lowest BCUT2D eigenvalue weighted by atomic mass is 10.1. The SMILES string of the molecule is O=C(O)c1cc(=O)c2cc(C(=O)O)c(C(=O)O)nc2o1. The number of rotatable bonds is 3. The second-order valence-electron chi connectivity index (χ2n) is 3.63. The monoisotopic (exact) mass is 279 g/mol. The molecule has 3 N–H and O–H groups in total. The van der Waals surface area contributed by atoms with Crippen molar-refractivity contribution in [3.63, 3.8) is 0 Å². The maximum atomic E-state index is 11.7. The van der Waals surface area contributed by atoms with Crippen molar-refractivity contribution < 1.29 is 34.1 Å². The van der Waals surface area contributed by atoms with Crippen LogP contribution in [0.4, 0.5) is 0 Å². The van der Waals surface area contributed by atoms with E-state index in [-0.39, 0.29) is 5.39 Å². The van der Waals surface area contributed by atoms with E-state index in [1.54, 1.807) is 0 Å². The summed E-state index contributed by atoms with van der Waals surface area (Å²) >= 11 is 0. The van der Waals surface area contributed by atoms with Crippen LogP contribution in [0.5, 0.6) is 0 Å².